The van der Waals surface area contributed by atoms with Crippen LogP contribution >= 0.6 is 0 Å². The molecular formula is C25H29NSi. The molecule has 0 aromatic heterocycles. The third-order valence-corrected chi connectivity index (χ3v) is 10.6. The van der Waals surface area contributed by atoms with E-state index in [0.29, 0.717) is 0 Å². The van der Waals surface area contributed by atoms with Crippen LogP contribution in [0, 0.1) is 0 Å². The van der Waals surface area contributed by atoms with Gasteiger partial charge in [0.15, 0.2) is 8.24 Å². The zero-order chi connectivity index (χ0) is 19.3. The van der Waals surface area contributed by atoms with Crippen LogP contribution in [0.3, 0.4) is 0 Å². The number of hydrogen-bond donors (Lipinski definition) is 1. The normalized spacial score (nSPS) is 12.0. The van der Waals surface area contributed by atoms with Crippen LogP contribution < -0.4 is 15.4 Å². The summed E-state index contributed by atoms with van der Waals surface area (Å²) in [6.07, 6.45) is 0. The molecule has 3 aromatic carbocycles. The maximum atomic E-state index is 4.36. The summed E-state index contributed by atoms with van der Waals surface area (Å²) < 4.78 is 0. The Kier molecular flexibility index (Phi) is 5.78. The smallest absolute Gasteiger partial charge is 0.195 e. The number of benzene rings is 3. The van der Waals surface area contributed by atoms with Gasteiger partial charge < -0.3 is 4.98 Å². The van der Waals surface area contributed by atoms with Crippen molar-refractivity contribution in [2.75, 3.05) is 6.54 Å². The van der Waals surface area contributed by atoms with Crippen molar-refractivity contribution in [3.63, 3.8) is 0 Å². The van der Waals surface area contributed by atoms with Crippen molar-refractivity contribution in [3.8, 4) is 0 Å². The maximum Gasteiger partial charge on any atom is 0.195 e. The second-order valence-corrected chi connectivity index (χ2v) is 12.6. The summed E-state index contributed by atoms with van der Waals surface area (Å²) >= 11 is 0. The Morgan fingerprint density at radius 3 is 1.56 bits per heavy atom. The van der Waals surface area contributed by atoms with Crippen LogP contribution in [0.25, 0.3) is 5.57 Å². The van der Waals surface area contributed by atoms with Crippen LogP contribution in [-0.2, 0) is 0 Å². The molecule has 3 rings (SSSR count). The van der Waals surface area contributed by atoms with E-state index in [2.05, 4.69) is 117 Å². The van der Waals surface area contributed by atoms with E-state index < -0.39 is 8.24 Å². The van der Waals surface area contributed by atoms with Gasteiger partial charge in [0.25, 0.3) is 0 Å². The topological polar surface area (TPSA) is 12.0 Å². The molecule has 1 N–H and O–H groups in total. The Bertz CT molecular complexity index is 825. The van der Waals surface area contributed by atoms with Crippen LogP contribution in [0.1, 0.15) is 26.3 Å². The first-order valence-electron chi connectivity index (χ1n) is 9.54. The predicted octanol–water partition coefficient (Wildman–Crippen LogP) is 4.85. The molecule has 27 heavy (non-hydrogen) atoms. The highest BCUT2D eigenvalue weighted by Crippen LogP contribution is 2.34. The summed E-state index contributed by atoms with van der Waals surface area (Å²) in [5.74, 6) is 0. The van der Waals surface area contributed by atoms with E-state index in [1.54, 1.807) is 0 Å². The number of rotatable bonds is 6. The lowest BCUT2D eigenvalue weighted by molar-refractivity contribution is 0.709. The van der Waals surface area contributed by atoms with Gasteiger partial charge in [0.2, 0.25) is 0 Å². The minimum Gasteiger partial charge on any atom is -0.326 e. The fourth-order valence-corrected chi connectivity index (χ4v) is 8.76. The van der Waals surface area contributed by atoms with Gasteiger partial charge in [-0.3, -0.25) is 0 Å². The largest absolute Gasteiger partial charge is 0.326 e. The van der Waals surface area contributed by atoms with Gasteiger partial charge in [-0.2, -0.15) is 0 Å². The third-order valence-electron chi connectivity index (χ3n) is 5.29. The van der Waals surface area contributed by atoms with Crippen LogP contribution in [0.2, 0.25) is 5.04 Å². The van der Waals surface area contributed by atoms with Crippen LogP contribution in [-0.4, -0.2) is 14.8 Å². The third kappa shape index (κ3) is 3.97. The van der Waals surface area contributed by atoms with E-state index >= 15 is 0 Å². The fraction of sp³-hybridized carbons (Fsp3) is 0.200. The van der Waals surface area contributed by atoms with Gasteiger partial charge in [-0.25, -0.2) is 0 Å². The van der Waals surface area contributed by atoms with E-state index in [1.807, 2.05) is 6.07 Å². The highest BCUT2D eigenvalue weighted by atomic mass is 28.3. The molecule has 0 bridgehead atoms. The SMILES string of the molecule is C=C(CN[Si](c1ccccc1)(c1ccccc1)C(C)(C)C)c1ccccc1. The summed E-state index contributed by atoms with van der Waals surface area (Å²) in [5, 5.41) is 2.90. The first-order valence-corrected chi connectivity index (χ1v) is 11.5. The Morgan fingerprint density at radius 1 is 0.741 bits per heavy atom. The predicted molar refractivity (Wildman–Crippen MR) is 121 cm³/mol. The van der Waals surface area contributed by atoms with Gasteiger partial charge in [0.1, 0.15) is 0 Å². The highest BCUT2D eigenvalue weighted by Gasteiger charge is 2.47. The molecule has 0 atom stereocenters. The molecule has 0 aliphatic heterocycles. The molecule has 0 spiro atoms. The fourth-order valence-electron chi connectivity index (χ4n) is 3.89. The highest BCUT2D eigenvalue weighted by molar-refractivity contribution is 7.02. The van der Waals surface area contributed by atoms with Crippen LogP contribution in [0.5, 0.6) is 0 Å². The van der Waals surface area contributed by atoms with Crippen molar-refractivity contribution < 1.29 is 0 Å². The molecule has 1 nitrogen and oxygen atoms in total. The Labute approximate surface area is 164 Å². The first-order chi connectivity index (χ1) is 12.9. The van der Waals surface area contributed by atoms with Crippen LogP contribution in [0.15, 0.2) is 97.6 Å². The molecule has 0 amide bonds. The molecular weight excluding hydrogens is 342 g/mol. The summed E-state index contributed by atoms with van der Waals surface area (Å²) in [6.45, 7) is 12.2. The molecule has 0 saturated carbocycles. The average molecular weight is 372 g/mol. The Balaban J connectivity index is 2.05. The van der Waals surface area contributed by atoms with Crippen molar-refractivity contribution >= 4 is 24.2 Å². The minimum absolute atomic E-state index is 0.0900. The van der Waals surface area contributed by atoms with E-state index in [4.69, 9.17) is 0 Å². The van der Waals surface area contributed by atoms with Gasteiger partial charge in [0, 0.05) is 6.54 Å². The van der Waals surface area contributed by atoms with E-state index in [0.717, 1.165) is 12.1 Å². The summed E-state index contributed by atoms with van der Waals surface area (Å²) in [4.78, 5) is 4.04. The number of nitrogens with one attached hydrogen (secondary N) is 1. The monoisotopic (exact) mass is 371 g/mol. The second-order valence-electron chi connectivity index (χ2n) is 8.06. The Morgan fingerprint density at radius 2 is 1.15 bits per heavy atom. The lowest BCUT2D eigenvalue weighted by Crippen LogP contribution is -2.73. The maximum absolute atomic E-state index is 4.36. The van der Waals surface area contributed by atoms with E-state index in [9.17, 15) is 0 Å². The van der Waals surface area contributed by atoms with Crippen molar-refractivity contribution in [1.29, 1.82) is 0 Å². The molecule has 0 radical (unpaired) electrons. The summed E-state index contributed by atoms with van der Waals surface area (Å²) in [5.41, 5.74) is 2.33. The lowest BCUT2D eigenvalue weighted by Gasteiger charge is -2.44. The zero-order valence-corrected chi connectivity index (χ0v) is 17.6. The van der Waals surface area contributed by atoms with Crippen molar-refractivity contribution in [2.45, 2.75) is 25.8 Å². The van der Waals surface area contributed by atoms with Crippen molar-refractivity contribution in [1.82, 2.24) is 4.98 Å². The average Bonchev–Trinajstić information content (AvgIpc) is 2.69. The first kappa shape index (κ1) is 19.3. The van der Waals surface area contributed by atoms with E-state index in [-0.39, 0.29) is 5.04 Å². The molecule has 0 saturated heterocycles. The van der Waals surface area contributed by atoms with Crippen LogP contribution in [0.4, 0.5) is 0 Å². The molecule has 138 valence electrons. The molecule has 3 aromatic rings. The minimum atomic E-state index is -2.26. The second kappa shape index (κ2) is 8.08. The summed E-state index contributed by atoms with van der Waals surface area (Å²) in [7, 11) is -2.26. The molecule has 0 heterocycles. The van der Waals surface area contributed by atoms with Gasteiger partial charge in [-0.1, -0.05) is 118 Å². The molecule has 0 aliphatic carbocycles. The van der Waals surface area contributed by atoms with Crippen molar-refractivity contribution in [2.24, 2.45) is 0 Å². The zero-order valence-electron chi connectivity index (χ0n) is 16.6. The Hall–Kier alpha value is -2.42. The molecule has 2 heteroatoms. The van der Waals surface area contributed by atoms with E-state index in [1.165, 1.54) is 15.9 Å². The summed E-state index contributed by atoms with van der Waals surface area (Å²) in [6, 6.07) is 32.4. The van der Waals surface area contributed by atoms with Crippen molar-refractivity contribution in [3.05, 3.63) is 103 Å². The van der Waals surface area contributed by atoms with Gasteiger partial charge in [-0.05, 0) is 26.5 Å². The molecule has 0 aliphatic rings. The number of hydrogen-bond acceptors (Lipinski definition) is 1. The van der Waals surface area contributed by atoms with Gasteiger partial charge in [-0.15, -0.1) is 0 Å². The molecule has 0 fully saturated rings. The standard InChI is InChI=1S/C25H29NSi/c1-21(22-14-8-5-9-15-22)20-26-27(25(2,3)4,23-16-10-6-11-17-23)24-18-12-7-13-19-24/h5-19,26H,1,20H2,2-4H3. The van der Waals surface area contributed by atoms with Gasteiger partial charge in [0.05, 0.1) is 0 Å². The quantitative estimate of drug-likeness (QED) is 0.611. The molecule has 0 unspecified atom stereocenters. The lowest BCUT2D eigenvalue weighted by atomic mass is 10.1. The van der Waals surface area contributed by atoms with Gasteiger partial charge >= 0.3 is 0 Å².